The zero-order valence-electron chi connectivity index (χ0n) is 19.3. The highest BCUT2D eigenvalue weighted by Gasteiger charge is 2.32. The second-order valence-corrected chi connectivity index (χ2v) is 8.99. The van der Waals surface area contributed by atoms with E-state index in [2.05, 4.69) is 12.1 Å². The Morgan fingerprint density at radius 1 is 1.03 bits per heavy atom. The van der Waals surface area contributed by atoms with Crippen molar-refractivity contribution in [3.05, 3.63) is 89.2 Å². The fourth-order valence-corrected chi connectivity index (χ4v) is 5.00. The van der Waals surface area contributed by atoms with Gasteiger partial charge in [0.25, 0.3) is 0 Å². The van der Waals surface area contributed by atoms with Gasteiger partial charge in [0, 0.05) is 12.3 Å². The van der Waals surface area contributed by atoms with Crippen LogP contribution in [0.2, 0.25) is 0 Å². The van der Waals surface area contributed by atoms with Crippen LogP contribution in [0.4, 0.5) is 4.39 Å². The molecule has 0 spiro atoms. The van der Waals surface area contributed by atoms with Crippen LogP contribution in [0.3, 0.4) is 0 Å². The Labute approximate surface area is 203 Å². The second-order valence-electron chi connectivity index (χ2n) is 8.00. The highest BCUT2D eigenvalue weighted by molar-refractivity contribution is 7.99. The monoisotopic (exact) mass is 481 g/mol. The molecular formula is C27H28FNO4S. The first-order chi connectivity index (χ1) is 16.6. The molecule has 1 atom stereocenters. The minimum atomic E-state index is -0.320. The highest BCUT2D eigenvalue weighted by atomic mass is 32.2. The number of carbonyl (C=O) groups is 1. The molecule has 0 saturated heterocycles. The molecule has 4 rings (SSSR count). The minimum Gasteiger partial charge on any atom is -0.493 e. The molecule has 0 N–H and O–H groups in total. The molecule has 1 heterocycles. The minimum absolute atomic E-state index is 0.0640. The molecule has 0 aromatic heterocycles. The Balaban J connectivity index is 1.54. The van der Waals surface area contributed by atoms with Crippen molar-refractivity contribution >= 4 is 17.7 Å². The molecule has 5 nitrogen and oxygen atoms in total. The lowest BCUT2D eigenvalue weighted by atomic mass is 9.92. The number of benzene rings is 3. The molecule has 1 amide bonds. The van der Waals surface area contributed by atoms with Gasteiger partial charge in [-0.2, -0.15) is 0 Å². The van der Waals surface area contributed by atoms with Crippen molar-refractivity contribution in [2.45, 2.75) is 18.2 Å². The van der Waals surface area contributed by atoms with Crippen LogP contribution in [0.5, 0.6) is 17.2 Å². The molecule has 0 aliphatic carbocycles. The Hall–Kier alpha value is -3.19. The average molecular weight is 482 g/mol. The molecule has 0 fully saturated rings. The van der Waals surface area contributed by atoms with Gasteiger partial charge in [0.15, 0.2) is 11.5 Å². The number of methoxy groups -OCH3 is 2. The number of halogens is 1. The zero-order valence-corrected chi connectivity index (χ0v) is 20.1. The van der Waals surface area contributed by atoms with Gasteiger partial charge in [-0.15, -0.1) is 11.8 Å². The summed E-state index contributed by atoms with van der Waals surface area (Å²) >= 11 is 1.60. The van der Waals surface area contributed by atoms with E-state index < -0.39 is 0 Å². The maximum Gasteiger partial charge on any atom is 0.233 e. The first-order valence-electron chi connectivity index (χ1n) is 11.1. The maximum atomic E-state index is 13.3. The lowest BCUT2D eigenvalue weighted by Gasteiger charge is -2.37. The third-order valence-electron chi connectivity index (χ3n) is 5.88. The van der Waals surface area contributed by atoms with Gasteiger partial charge in [0.1, 0.15) is 18.2 Å². The smallest absolute Gasteiger partial charge is 0.233 e. The molecule has 34 heavy (non-hydrogen) atoms. The molecule has 0 unspecified atom stereocenters. The van der Waals surface area contributed by atoms with Gasteiger partial charge in [-0.05, 0) is 59.5 Å². The number of ether oxygens (including phenoxy) is 3. The summed E-state index contributed by atoms with van der Waals surface area (Å²) in [5, 5.41) is 0. The summed E-state index contributed by atoms with van der Waals surface area (Å²) in [5.41, 5.74) is 3.27. The summed E-state index contributed by atoms with van der Waals surface area (Å²) < 4.78 is 30.3. The largest absolute Gasteiger partial charge is 0.493 e. The van der Waals surface area contributed by atoms with Crippen LogP contribution >= 0.6 is 11.8 Å². The fraction of sp³-hybridized carbons (Fsp3) is 0.296. The van der Waals surface area contributed by atoms with E-state index in [0.29, 0.717) is 29.5 Å². The SMILES string of the molecule is COc1cc2c(cc1OC)[C@H](COc1ccc(F)cc1)N(C(=O)CSCc1ccccc1)CC2. The number of fused-ring (bicyclic) bond motifs is 1. The van der Waals surface area contributed by atoms with Gasteiger partial charge < -0.3 is 19.1 Å². The van der Waals surface area contributed by atoms with Crippen LogP contribution in [0.15, 0.2) is 66.7 Å². The Kier molecular flexibility index (Phi) is 7.95. The molecule has 1 aliphatic rings. The number of carbonyl (C=O) groups excluding carboxylic acids is 1. The van der Waals surface area contributed by atoms with E-state index in [4.69, 9.17) is 14.2 Å². The van der Waals surface area contributed by atoms with Crippen molar-refractivity contribution in [2.24, 2.45) is 0 Å². The van der Waals surface area contributed by atoms with Crippen LogP contribution in [-0.4, -0.2) is 43.9 Å². The van der Waals surface area contributed by atoms with Crippen LogP contribution < -0.4 is 14.2 Å². The summed E-state index contributed by atoms with van der Waals surface area (Å²) in [6.07, 6.45) is 0.720. The number of rotatable bonds is 9. The molecule has 0 radical (unpaired) electrons. The van der Waals surface area contributed by atoms with Crippen LogP contribution in [0.25, 0.3) is 0 Å². The lowest BCUT2D eigenvalue weighted by molar-refractivity contribution is -0.132. The van der Waals surface area contributed by atoms with E-state index in [1.165, 1.54) is 17.7 Å². The van der Waals surface area contributed by atoms with Crippen LogP contribution in [0, 0.1) is 5.82 Å². The quantitative estimate of drug-likeness (QED) is 0.416. The first-order valence-corrected chi connectivity index (χ1v) is 12.3. The molecule has 1 aliphatic heterocycles. The average Bonchev–Trinajstić information content (AvgIpc) is 2.87. The summed E-state index contributed by atoms with van der Waals surface area (Å²) in [7, 11) is 3.21. The van der Waals surface area contributed by atoms with Crippen molar-refractivity contribution in [2.75, 3.05) is 33.1 Å². The van der Waals surface area contributed by atoms with E-state index >= 15 is 0 Å². The van der Waals surface area contributed by atoms with Crippen molar-refractivity contribution in [3.8, 4) is 17.2 Å². The number of thioether (sulfide) groups is 1. The van der Waals surface area contributed by atoms with E-state index in [1.54, 1.807) is 38.1 Å². The Bertz CT molecular complexity index is 1110. The third kappa shape index (κ3) is 5.65. The molecule has 0 bridgehead atoms. The topological polar surface area (TPSA) is 48.0 Å². The van der Waals surface area contributed by atoms with E-state index in [1.807, 2.05) is 35.2 Å². The standard InChI is InChI=1S/C27H28FNO4S/c1-31-25-14-20-12-13-29(27(30)18-34-17-19-6-4-3-5-7-19)24(23(20)15-26(25)32-2)16-33-22-10-8-21(28)9-11-22/h3-11,14-15,24H,12-13,16-18H2,1-2H3/t24-/m0/s1. The normalized spacial score (nSPS) is 14.9. The predicted octanol–water partition coefficient (Wildman–Crippen LogP) is 5.28. The molecule has 3 aromatic carbocycles. The third-order valence-corrected chi connectivity index (χ3v) is 6.87. The van der Waals surface area contributed by atoms with Crippen LogP contribution in [0.1, 0.15) is 22.7 Å². The summed E-state index contributed by atoms with van der Waals surface area (Å²) in [6, 6.07) is 19.6. The Morgan fingerprint density at radius 2 is 1.74 bits per heavy atom. The van der Waals surface area contributed by atoms with Gasteiger partial charge in [-0.25, -0.2) is 4.39 Å². The van der Waals surface area contributed by atoms with Gasteiger partial charge in [-0.3, -0.25) is 4.79 Å². The van der Waals surface area contributed by atoms with Crippen molar-refractivity contribution < 1.29 is 23.4 Å². The van der Waals surface area contributed by atoms with E-state index in [-0.39, 0.29) is 24.4 Å². The fourth-order valence-electron chi connectivity index (χ4n) is 4.13. The molecule has 3 aromatic rings. The number of hydrogen-bond donors (Lipinski definition) is 0. The predicted molar refractivity (Wildman–Crippen MR) is 132 cm³/mol. The van der Waals surface area contributed by atoms with Crippen molar-refractivity contribution in [1.29, 1.82) is 0 Å². The number of amides is 1. The van der Waals surface area contributed by atoms with Crippen molar-refractivity contribution in [3.63, 3.8) is 0 Å². The van der Waals surface area contributed by atoms with Crippen LogP contribution in [-0.2, 0) is 17.0 Å². The number of hydrogen-bond acceptors (Lipinski definition) is 5. The van der Waals surface area contributed by atoms with Gasteiger partial charge in [-0.1, -0.05) is 30.3 Å². The summed E-state index contributed by atoms with van der Waals surface area (Å²) in [4.78, 5) is 15.2. The summed E-state index contributed by atoms with van der Waals surface area (Å²) in [6.45, 7) is 0.841. The Morgan fingerprint density at radius 3 is 2.44 bits per heavy atom. The molecule has 0 saturated carbocycles. The van der Waals surface area contributed by atoms with E-state index in [9.17, 15) is 9.18 Å². The molecular weight excluding hydrogens is 453 g/mol. The zero-order chi connectivity index (χ0) is 23.9. The van der Waals surface area contributed by atoms with Gasteiger partial charge in [0.2, 0.25) is 5.91 Å². The number of nitrogens with zero attached hydrogens (tertiary/aromatic N) is 1. The summed E-state index contributed by atoms with van der Waals surface area (Å²) in [5.74, 6) is 2.73. The lowest BCUT2D eigenvalue weighted by Crippen LogP contribution is -2.43. The van der Waals surface area contributed by atoms with E-state index in [0.717, 1.165) is 23.3 Å². The van der Waals surface area contributed by atoms with Crippen molar-refractivity contribution in [1.82, 2.24) is 4.90 Å². The molecule has 178 valence electrons. The highest BCUT2D eigenvalue weighted by Crippen LogP contribution is 2.38. The van der Waals surface area contributed by atoms with Gasteiger partial charge in [0.05, 0.1) is 26.0 Å². The van der Waals surface area contributed by atoms with Gasteiger partial charge >= 0.3 is 0 Å². The molecule has 7 heteroatoms. The first kappa shape index (κ1) is 24.0. The maximum absolute atomic E-state index is 13.3. The second kappa shape index (κ2) is 11.3.